The maximum absolute atomic E-state index is 3.85. The molecular formula is C39H70. The van der Waals surface area contributed by atoms with Gasteiger partial charge in [0.05, 0.1) is 0 Å². The van der Waals surface area contributed by atoms with E-state index in [0.29, 0.717) is 11.3 Å². The van der Waals surface area contributed by atoms with Crippen LogP contribution in [0.2, 0.25) is 0 Å². The van der Waals surface area contributed by atoms with Crippen LogP contribution in [0.5, 0.6) is 0 Å². The minimum absolute atomic E-state index is 0.448. The summed E-state index contributed by atoms with van der Waals surface area (Å²) in [4.78, 5) is 0. The molecule has 1 aliphatic rings. The average molecular weight is 539 g/mol. The van der Waals surface area contributed by atoms with Gasteiger partial charge >= 0.3 is 0 Å². The van der Waals surface area contributed by atoms with Gasteiger partial charge in [0.15, 0.2) is 0 Å². The molecule has 226 valence electrons. The highest BCUT2D eigenvalue weighted by Gasteiger charge is 2.29. The zero-order valence-corrected chi connectivity index (χ0v) is 29.4. The summed E-state index contributed by atoms with van der Waals surface area (Å²) in [5.74, 6) is 1.37. The van der Waals surface area contributed by atoms with E-state index in [4.69, 9.17) is 0 Å². The Morgan fingerprint density at radius 1 is 0.897 bits per heavy atom. The van der Waals surface area contributed by atoms with Crippen LogP contribution in [-0.2, 0) is 6.42 Å². The monoisotopic (exact) mass is 539 g/mol. The molecule has 1 aliphatic carbocycles. The van der Waals surface area contributed by atoms with Gasteiger partial charge in [-0.25, -0.2) is 0 Å². The quantitative estimate of drug-likeness (QED) is 0.303. The molecule has 0 aromatic heterocycles. The summed E-state index contributed by atoms with van der Waals surface area (Å²) in [7, 11) is 0. The predicted molar refractivity (Wildman–Crippen MR) is 185 cm³/mol. The normalized spacial score (nSPS) is 14.6. The van der Waals surface area contributed by atoms with Crippen LogP contribution in [0.3, 0.4) is 0 Å². The van der Waals surface area contributed by atoms with E-state index in [9.17, 15) is 0 Å². The Kier molecular flexibility index (Phi) is 26.9. The fourth-order valence-electron chi connectivity index (χ4n) is 4.17. The van der Waals surface area contributed by atoms with Gasteiger partial charge in [-0.15, -0.1) is 0 Å². The van der Waals surface area contributed by atoms with Crippen molar-refractivity contribution in [3.05, 3.63) is 82.5 Å². The van der Waals surface area contributed by atoms with Gasteiger partial charge in [-0.2, -0.15) is 0 Å². The largest absolute Gasteiger partial charge is 0.0998 e. The number of allylic oxidation sites excluding steroid dienone is 7. The van der Waals surface area contributed by atoms with Crippen LogP contribution in [0.25, 0.3) is 0 Å². The van der Waals surface area contributed by atoms with Gasteiger partial charge in [0, 0.05) is 0 Å². The first-order valence-corrected chi connectivity index (χ1v) is 16.0. The van der Waals surface area contributed by atoms with Crippen LogP contribution in [0.1, 0.15) is 148 Å². The van der Waals surface area contributed by atoms with Gasteiger partial charge in [-0.3, -0.25) is 0 Å². The molecule has 0 nitrogen and oxygen atoms in total. The Morgan fingerprint density at radius 2 is 1.38 bits per heavy atom. The maximum Gasteiger partial charge on any atom is -0.00726 e. The standard InChI is InChI=1S/C21H36.C10H12.2C3H8.C2H6/c1-9-17(6)20-14-21(7,8)13-12-19(20)18(16(4)5)11-10-15(2)3;1-9(2)8-10-6-4-3-5-7-10;2*1-3-2;1-2/h9,11,15-16H,10,12-14H2,1-8H3;3-7H,1,8H2,2H3;2*3H2,1-2H3;1-2H3/b17-9+,18-11-;;;;. The average Bonchev–Trinajstić information content (AvgIpc) is 2.86. The van der Waals surface area contributed by atoms with Crippen molar-refractivity contribution >= 4 is 0 Å². The minimum Gasteiger partial charge on any atom is -0.0998 e. The van der Waals surface area contributed by atoms with E-state index in [2.05, 4.69) is 126 Å². The van der Waals surface area contributed by atoms with Gasteiger partial charge in [0.1, 0.15) is 0 Å². The Balaban J connectivity index is -0.000000594. The molecule has 0 atom stereocenters. The molecule has 2 rings (SSSR count). The number of rotatable bonds is 7. The summed E-state index contributed by atoms with van der Waals surface area (Å²) >= 11 is 0. The smallest absolute Gasteiger partial charge is 0.00726 e. The number of hydrogen-bond acceptors (Lipinski definition) is 0. The van der Waals surface area contributed by atoms with E-state index >= 15 is 0 Å². The molecule has 1 aromatic rings. The lowest BCUT2D eigenvalue weighted by Gasteiger charge is -2.35. The fourth-order valence-corrected chi connectivity index (χ4v) is 4.17. The van der Waals surface area contributed by atoms with E-state index in [1.54, 1.807) is 16.7 Å². The topological polar surface area (TPSA) is 0 Å². The summed E-state index contributed by atoms with van der Waals surface area (Å²) in [6, 6.07) is 10.4. The van der Waals surface area contributed by atoms with E-state index in [-0.39, 0.29) is 0 Å². The van der Waals surface area contributed by atoms with Crippen molar-refractivity contribution in [2.75, 3.05) is 0 Å². The molecule has 0 amide bonds. The van der Waals surface area contributed by atoms with Crippen LogP contribution in [-0.4, -0.2) is 0 Å². The molecule has 0 N–H and O–H groups in total. The Hall–Kier alpha value is -1.82. The van der Waals surface area contributed by atoms with Crippen LogP contribution >= 0.6 is 0 Å². The lowest BCUT2D eigenvalue weighted by molar-refractivity contribution is 0.315. The van der Waals surface area contributed by atoms with Crippen molar-refractivity contribution in [1.29, 1.82) is 0 Å². The summed E-state index contributed by atoms with van der Waals surface area (Å²) in [6.07, 6.45) is 13.3. The molecule has 0 radical (unpaired) electrons. The zero-order valence-electron chi connectivity index (χ0n) is 29.4. The summed E-state index contributed by atoms with van der Waals surface area (Å²) in [5.41, 5.74) is 9.37. The van der Waals surface area contributed by atoms with Crippen molar-refractivity contribution in [2.45, 2.75) is 149 Å². The highest BCUT2D eigenvalue weighted by Crippen LogP contribution is 2.44. The summed E-state index contributed by atoms with van der Waals surface area (Å²) in [6.45, 7) is 37.0. The molecule has 0 bridgehead atoms. The van der Waals surface area contributed by atoms with Crippen molar-refractivity contribution in [2.24, 2.45) is 17.3 Å². The summed E-state index contributed by atoms with van der Waals surface area (Å²) in [5, 5.41) is 0. The number of benzene rings is 1. The molecule has 0 spiro atoms. The van der Waals surface area contributed by atoms with E-state index in [1.807, 2.05) is 26.8 Å². The van der Waals surface area contributed by atoms with Crippen molar-refractivity contribution in [3.8, 4) is 0 Å². The molecule has 1 aromatic carbocycles. The maximum atomic E-state index is 3.85. The lowest BCUT2D eigenvalue weighted by atomic mass is 9.70. The van der Waals surface area contributed by atoms with Gasteiger partial charge < -0.3 is 0 Å². The molecule has 0 heterocycles. The molecule has 0 saturated heterocycles. The van der Waals surface area contributed by atoms with Gasteiger partial charge in [0.2, 0.25) is 0 Å². The van der Waals surface area contributed by atoms with Gasteiger partial charge in [-0.05, 0) is 92.4 Å². The Morgan fingerprint density at radius 3 is 1.77 bits per heavy atom. The molecule has 0 aliphatic heterocycles. The molecule has 0 fully saturated rings. The second-order valence-electron chi connectivity index (χ2n) is 12.2. The zero-order chi connectivity index (χ0) is 31.0. The molecule has 39 heavy (non-hydrogen) atoms. The van der Waals surface area contributed by atoms with Crippen LogP contribution < -0.4 is 0 Å². The third kappa shape index (κ3) is 21.7. The minimum atomic E-state index is 0.448. The van der Waals surface area contributed by atoms with E-state index < -0.39 is 0 Å². The lowest BCUT2D eigenvalue weighted by Crippen LogP contribution is -2.20. The third-order valence-corrected chi connectivity index (χ3v) is 6.11. The van der Waals surface area contributed by atoms with Crippen molar-refractivity contribution in [3.63, 3.8) is 0 Å². The second kappa shape index (κ2) is 25.2. The van der Waals surface area contributed by atoms with Crippen LogP contribution in [0, 0.1) is 17.3 Å². The highest BCUT2D eigenvalue weighted by atomic mass is 14.3. The van der Waals surface area contributed by atoms with E-state index in [1.165, 1.54) is 55.2 Å². The fraction of sp³-hybridized carbons (Fsp3) is 0.641. The molecular weight excluding hydrogens is 468 g/mol. The number of hydrogen-bond donors (Lipinski definition) is 0. The van der Waals surface area contributed by atoms with Crippen molar-refractivity contribution < 1.29 is 0 Å². The molecule has 0 heteroatoms. The SMILES string of the molecule is C/C=C(\C)C1=C(/C(=C\CC(C)C)C(C)C)CCC(C)(C)C1.C=C(C)Cc1ccccc1.CC.CCC.CCC. The first kappa shape index (κ1) is 41.7. The van der Waals surface area contributed by atoms with Gasteiger partial charge in [0.25, 0.3) is 0 Å². The third-order valence-electron chi connectivity index (χ3n) is 6.11. The van der Waals surface area contributed by atoms with Crippen molar-refractivity contribution in [1.82, 2.24) is 0 Å². The predicted octanol–water partition coefficient (Wildman–Crippen LogP) is 13.8. The molecule has 0 unspecified atom stereocenters. The Bertz CT molecular complexity index is 807. The highest BCUT2D eigenvalue weighted by molar-refractivity contribution is 5.46. The molecule has 0 saturated carbocycles. The second-order valence-corrected chi connectivity index (χ2v) is 12.2. The first-order valence-electron chi connectivity index (χ1n) is 16.0. The first-order chi connectivity index (χ1) is 18.3. The van der Waals surface area contributed by atoms with E-state index in [0.717, 1.165) is 12.3 Å². The Labute approximate surface area is 248 Å². The summed E-state index contributed by atoms with van der Waals surface area (Å²) < 4.78 is 0. The van der Waals surface area contributed by atoms with Gasteiger partial charge in [-0.1, -0.05) is 156 Å². The van der Waals surface area contributed by atoms with Crippen LogP contribution in [0.15, 0.2) is 76.9 Å². The van der Waals surface area contributed by atoms with Crippen LogP contribution in [0.4, 0.5) is 0 Å².